The molecule has 4 amide bonds. The Balaban J connectivity index is 5.44. The maximum atomic E-state index is 12.8. The third-order valence-corrected chi connectivity index (χ3v) is 5.53. The van der Waals surface area contributed by atoms with Crippen LogP contribution < -0.4 is 27.4 Å². The number of rotatable bonds is 17. The molecule has 0 saturated carbocycles. The fraction of sp³-hybridized carbons (Fsp3) is 0.667. The van der Waals surface area contributed by atoms with Crippen molar-refractivity contribution in [2.45, 2.75) is 49.9 Å². The lowest BCUT2D eigenvalue weighted by Gasteiger charge is -2.25. The van der Waals surface area contributed by atoms with Crippen molar-refractivity contribution >= 4 is 59.1 Å². The van der Waals surface area contributed by atoms with E-state index in [0.29, 0.717) is 11.5 Å². The highest BCUT2D eigenvalue weighted by atomic mass is 32.2. The topological polar surface area (TPSA) is 231 Å². The third kappa shape index (κ3) is 12.9. The number of primary amides is 1. The Bertz CT molecular complexity index is 724. The Morgan fingerprint density at radius 1 is 0.758 bits per heavy atom. The highest BCUT2D eigenvalue weighted by Gasteiger charge is 2.31. The Labute approximate surface area is 199 Å². The second-order valence-electron chi connectivity index (χ2n) is 6.96. The van der Waals surface area contributed by atoms with Crippen LogP contribution in [-0.2, 0) is 28.8 Å². The molecule has 0 spiro atoms. The van der Waals surface area contributed by atoms with Crippen molar-refractivity contribution in [2.75, 3.05) is 24.0 Å². The highest BCUT2D eigenvalue weighted by Crippen LogP contribution is 2.06. The minimum Gasteiger partial charge on any atom is -0.481 e. The quantitative estimate of drug-likeness (QED) is 0.110. The molecule has 0 fully saturated rings. The molecular weight excluding hydrogens is 478 g/mol. The van der Waals surface area contributed by atoms with Crippen molar-refractivity contribution in [3.63, 3.8) is 0 Å². The lowest BCUT2D eigenvalue weighted by atomic mass is 10.1. The normalized spacial score (nSPS) is 14.3. The van der Waals surface area contributed by atoms with Crippen LogP contribution in [-0.4, -0.2) is 94.0 Å². The lowest BCUT2D eigenvalue weighted by Crippen LogP contribution is -2.57. The average molecular weight is 510 g/mol. The molecule has 0 aromatic heterocycles. The van der Waals surface area contributed by atoms with Gasteiger partial charge in [0, 0.05) is 0 Å². The zero-order chi connectivity index (χ0) is 25.6. The number of amides is 4. The Morgan fingerprint density at radius 3 is 1.55 bits per heavy atom. The number of carbonyl (C=O) groups excluding carboxylic acids is 4. The molecule has 0 bridgehead atoms. The molecule has 13 nitrogen and oxygen atoms in total. The number of hydrogen-bond donors (Lipinski definition) is 7. The van der Waals surface area contributed by atoms with Crippen molar-refractivity contribution in [2.24, 2.45) is 11.5 Å². The van der Waals surface area contributed by atoms with E-state index in [1.807, 2.05) is 0 Å². The second kappa shape index (κ2) is 16.1. The molecule has 0 heterocycles. The summed E-state index contributed by atoms with van der Waals surface area (Å²) in [6, 6.07) is -5.19. The first-order valence-corrected chi connectivity index (χ1v) is 12.6. The molecule has 188 valence electrons. The summed E-state index contributed by atoms with van der Waals surface area (Å²) >= 11 is 2.79. The number of carboxylic acid groups (broad SMARTS) is 2. The summed E-state index contributed by atoms with van der Waals surface area (Å²) < 4.78 is 0. The zero-order valence-electron chi connectivity index (χ0n) is 18.4. The molecule has 0 saturated heterocycles. The van der Waals surface area contributed by atoms with Crippen molar-refractivity contribution in [3.8, 4) is 0 Å². The summed E-state index contributed by atoms with van der Waals surface area (Å²) in [4.78, 5) is 70.8. The van der Waals surface area contributed by atoms with E-state index >= 15 is 0 Å². The largest absolute Gasteiger partial charge is 0.481 e. The second-order valence-corrected chi connectivity index (χ2v) is 8.93. The third-order valence-electron chi connectivity index (χ3n) is 4.24. The van der Waals surface area contributed by atoms with Gasteiger partial charge in [-0.05, 0) is 36.9 Å². The predicted octanol–water partition coefficient (Wildman–Crippen LogP) is -2.29. The van der Waals surface area contributed by atoms with Crippen molar-refractivity contribution in [1.29, 1.82) is 0 Å². The van der Waals surface area contributed by atoms with E-state index in [-0.39, 0.29) is 12.8 Å². The van der Waals surface area contributed by atoms with Crippen LogP contribution in [0.2, 0.25) is 0 Å². The molecule has 15 heteroatoms. The number of carboxylic acids is 2. The Hall–Kier alpha value is -2.52. The van der Waals surface area contributed by atoms with E-state index in [0.717, 1.165) is 0 Å². The number of hydrogen-bond acceptors (Lipinski definition) is 9. The smallest absolute Gasteiger partial charge is 0.326 e. The Kier molecular flexibility index (Phi) is 14.9. The number of nitrogens with two attached hydrogens (primary N) is 2. The monoisotopic (exact) mass is 509 g/mol. The van der Waals surface area contributed by atoms with Gasteiger partial charge in [-0.3, -0.25) is 24.0 Å². The summed E-state index contributed by atoms with van der Waals surface area (Å²) in [5.41, 5.74) is 10.6. The van der Waals surface area contributed by atoms with Crippen molar-refractivity contribution < 1.29 is 39.0 Å². The molecule has 4 atom stereocenters. The van der Waals surface area contributed by atoms with Crippen LogP contribution in [0.3, 0.4) is 0 Å². The van der Waals surface area contributed by atoms with Crippen LogP contribution in [0.5, 0.6) is 0 Å². The van der Waals surface area contributed by atoms with Gasteiger partial charge in [0.2, 0.25) is 23.6 Å². The Morgan fingerprint density at radius 2 is 1.18 bits per heavy atom. The fourth-order valence-electron chi connectivity index (χ4n) is 2.52. The van der Waals surface area contributed by atoms with Gasteiger partial charge in [0.1, 0.15) is 18.1 Å². The van der Waals surface area contributed by atoms with Gasteiger partial charge >= 0.3 is 11.9 Å². The van der Waals surface area contributed by atoms with Crippen molar-refractivity contribution in [1.82, 2.24) is 16.0 Å². The molecule has 0 aliphatic rings. The minimum atomic E-state index is -1.68. The van der Waals surface area contributed by atoms with Crippen LogP contribution in [0.1, 0.15) is 25.7 Å². The van der Waals surface area contributed by atoms with E-state index in [2.05, 4.69) is 16.0 Å². The molecule has 4 unspecified atom stereocenters. The standard InChI is InChI=1S/C18H31N5O8S2/c1-32-5-3-10(21-15(27)9(19)7-13(20)24)16(28)22-11(4-6-33-2)17(29)23-12(18(30)31)8-14(25)26/h9-12H,3-8,19H2,1-2H3,(H2,20,24)(H,21,27)(H,22,28)(H,23,29)(H,25,26)(H,30,31). The maximum absolute atomic E-state index is 12.8. The minimum absolute atomic E-state index is 0.128. The highest BCUT2D eigenvalue weighted by molar-refractivity contribution is 7.98. The van der Waals surface area contributed by atoms with Crippen LogP contribution >= 0.6 is 23.5 Å². The van der Waals surface area contributed by atoms with Gasteiger partial charge in [-0.2, -0.15) is 23.5 Å². The number of nitrogens with one attached hydrogen (secondary N) is 3. The van der Waals surface area contributed by atoms with E-state index in [4.69, 9.17) is 21.7 Å². The van der Waals surface area contributed by atoms with E-state index < -0.39 is 72.6 Å². The number of aliphatic carboxylic acids is 2. The molecular formula is C18H31N5O8S2. The zero-order valence-corrected chi connectivity index (χ0v) is 20.0. The molecule has 33 heavy (non-hydrogen) atoms. The predicted molar refractivity (Wildman–Crippen MR) is 123 cm³/mol. The van der Waals surface area contributed by atoms with Crippen LogP contribution in [0.4, 0.5) is 0 Å². The number of carbonyl (C=O) groups is 6. The van der Waals surface area contributed by atoms with Gasteiger partial charge in [0.05, 0.1) is 18.9 Å². The van der Waals surface area contributed by atoms with Gasteiger partial charge < -0.3 is 37.6 Å². The van der Waals surface area contributed by atoms with E-state index in [9.17, 15) is 28.8 Å². The van der Waals surface area contributed by atoms with Gasteiger partial charge in [0.25, 0.3) is 0 Å². The van der Waals surface area contributed by atoms with Crippen LogP contribution in [0, 0.1) is 0 Å². The van der Waals surface area contributed by atoms with Gasteiger partial charge in [-0.15, -0.1) is 0 Å². The molecule has 9 N–H and O–H groups in total. The first-order valence-electron chi connectivity index (χ1n) is 9.80. The van der Waals surface area contributed by atoms with Gasteiger partial charge in [-0.25, -0.2) is 4.79 Å². The van der Waals surface area contributed by atoms with E-state index in [1.165, 1.54) is 23.5 Å². The lowest BCUT2D eigenvalue weighted by molar-refractivity contribution is -0.147. The van der Waals surface area contributed by atoms with E-state index in [1.54, 1.807) is 12.5 Å². The summed E-state index contributed by atoms with van der Waals surface area (Å²) in [5.74, 6) is -5.18. The average Bonchev–Trinajstić information content (AvgIpc) is 2.72. The van der Waals surface area contributed by atoms with Gasteiger partial charge in [0.15, 0.2) is 0 Å². The molecule has 0 rings (SSSR count). The summed E-state index contributed by atoms with van der Waals surface area (Å²) in [6.45, 7) is 0. The van der Waals surface area contributed by atoms with Crippen LogP contribution in [0.15, 0.2) is 0 Å². The summed E-state index contributed by atoms with van der Waals surface area (Å²) in [5, 5.41) is 25.0. The molecule has 0 aromatic rings. The molecule has 0 aromatic carbocycles. The first-order chi connectivity index (χ1) is 15.4. The fourth-order valence-corrected chi connectivity index (χ4v) is 3.46. The maximum Gasteiger partial charge on any atom is 0.326 e. The van der Waals surface area contributed by atoms with Crippen molar-refractivity contribution in [3.05, 3.63) is 0 Å². The SMILES string of the molecule is CSCCC(NC(=O)C(N)CC(N)=O)C(=O)NC(CCSC)C(=O)NC(CC(=O)O)C(=O)O. The molecule has 0 radical (unpaired) electrons. The van der Waals surface area contributed by atoms with Gasteiger partial charge in [-0.1, -0.05) is 0 Å². The molecule has 0 aliphatic carbocycles. The number of thioether (sulfide) groups is 2. The summed E-state index contributed by atoms with van der Waals surface area (Å²) in [6.07, 6.45) is 2.62. The van der Waals surface area contributed by atoms with Crippen LogP contribution in [0.25, 0.3) is 0 Å². The molecule has 0 aliphatic heterocycles. The first kappa shape index (κ1) is 30.5. The summed E-state index contributed by atoms with van der Waals surface area (Å²) in [7, 11) is 0.